The van der Waals surface area contributed by atoms with Crippen LogP contribution < -0.4 is 4.74 Å². The smallest absolute Gasteiger partial charge is 0.157 e. The molecule has 0 aliphatic heterocycles. The van der Waals surface area contributed by atoms with E-state index in [2.05, 4.69) is 10.3 Å². The normalized spacial score (nSPS) is 10.6. The molecule has 0 aliphatic carbocycles. The lowest BCUT2D eigenvalue weighted by atomic mass is 10.3. The molecule has 0 bridgehead atoms. The molecule has 0 radical (unpaired) electrons. The van der Waals surface area contributed by atoms with Gasteiger partial charge in [-0.25, -0.2) is 4.68 Å². The van der Waals surface area contributed by atoms with Gasteiger partial charge in [-0.2, -0.15) is 0 Å². The maximum Gasteiger partial charge on any atom is 0.157 e. The molecule has 0 spiro atoms. The van der Waals surface area contributed by atoms with Gasteiger partial charge in [0.05, 0.1) is 21.9 Å². The highest BCUT2D eigenvalue weighted by Crippen LogP contribution is 2.32. The van der Waals surface area contributed by atoms with Gasteiger partial charge in [-0.3, -0.25) is 0 Å². The van der Waals surface area contributed by atoms with Crippen molar-refractivity contribution in [2.45, 2.75) is 6.61 Å². The van der Waals surface area contributed by atoms with E-state index in [4.69, 9.17) is 27.9 Å². The molecule has 21 heavy (non-hydrogen) atoms. The van der Waals surface area contributed by atoms with Gasteiger partial charge in [0.1, 0.15) is 12.3 Å². The highest BCUT2D eigenvalue weighted by molar-refractivity contribution is 6.37. The molecular formula is C15H11Cl2N3O. The number of benzene rings is 2. The number of hydrogen-bond donors (Lipinski definition) is 0. The van der Waals surface area contributed by atoms with Gasteiger partial charge in [-0.15, -0.1) is 5.10 Å². The summed E-state index contributed by atoms with van der Waals surface area (Å²) in [5.74, 6) is 0.454. The second-order valence-corrected chi connectivity index (χ2v) is 5.14. The molecule has 1 heterocycles. The Balaban J connectivity index is 1.74. The Bertz CT molecular complexity index is 723. The molecule has 106 valence electrons. The highest BCUT2D eigenvalue weighted by Gasteiger charge is 2.09. The van der Waals surface area contributed by atoms with E-state index in [9.17, 15) is 0 Å². The van der Waals surface area contributed by atoms with Gasteiger partial charge in [0, 0.05) is 0 Å². The molecule has 0 aliphatic rings. The van der Waals surface area contributed by atoms with Crippen LogP contribution in [-0.4, -0.2) is 15.0 Å². The Morgan fingerprint density at radius 1 is 0.952 bits per heavy atom. The zero-order chi connectivity index (χ0) is 14.7. The van der Waals surface area contributed by atoms with Crippen LogP contribution in [0.3, 0.4) is 0 Å². The summed E-state index contributed by atoms with van der Waals surface area (Å²) in [6.07, 6.45) is 1.81. The Morgan fingerprint density at radius 3 is 2.38 bits per heavy atom. The van der Waals surface area contributed by atoms with Crippen molar-refractivity contribution in [3.63, 3.8) is 0 Å². The number of rotatable bonds is 4. The fourth-order valence-corrected chi connectivity index (χ4v) is 2.34. The second-order valence-electron chi connectivity index (χ2n) is 4.33. The first-order chi connectivity index (χ1) is 10.2. The molecule has 2 aromatic carbocycles. The monoisotopic (exact) mass is 319 g/mol. The first-order valence-corrected chi connectivity index (χ1v) is 7.03. The van der Waals surface area contributed by atoms with Gasteiger partial charge in [-0.1, -0.05) is 52.7 Å². The van der Waals surface area contributed by atoms with Crippen molar-refractivity contribution in [3.05, 3.63) is 70.5 Å². The average Bonchev–Trinajstić information content (AvgIpc) is 2.97. The summed E-state index contributed by atoms with van der Waals surface area (Å²) in [5, 5.41) is 9.07. The molecule has 3 rings (SSSR count). The van der Waals surface area contributed by atoms with Crippen molar-refractivity contribution in [1.29, 1.82) is 0 Å². The average molecular weight is 320 g/mol. The van der Waals surface area contributed by atoms with Gasteiger partial charge in [0.15, 0.2) is 5.75 Å². The largest absolute Gasteiger partial charge is 0.484 e. The number of para-hydroxylation sites is 2. The van der Waals surface area contributed by atoms with E-state index < -0.39 is 0 Å². The van der Waals surface area contributed by atoms with Gasteiger partial charge >= 0.3 is 0 Å². The number of hydrogen-bond acceptors (Lipinski definition) is 3. The van der Waals surface area contributed by atoms with Crippen LogP contribution in [-0.2, 0) is 6.61 Å². The molecule has 0 unspecified atom stereocenters. The third-order valence-corrected chi connectivity index (χ3v) is 3.44. The summed E-state index contributed by atoms with van der Waals surface area (Å²) < 4.78 is 7.31. The minimum absolute atomic E-state index is 0.246. The molecule has 1 aromatic heterocycles. The maximum absolute atomic E-state index is 6.05. The van der Waals surface area contributed by atoms with Crippen LogP contribution in [0.5, 0.6) is 5.75 Å². The number of nitrogens with zero attached hydrogens (tertiary/aromatic N) is 3. The van der Waals surface area contributed by atoms with E-state index >= 15 is 0 Å². The maximum atomic E-state index is 6.05. The summed E-state index contributed by atoms with van der Waals surface area (Å²) in [4.78, 5) is 0. The van der Waals surface area contributed by atoms with Crippen molar-refractivity contribution < 1.29 is 4.74 Å². The third-order valence-electron chi connectivity index (χ3n) is 2.84. The van der Waals surface area contributed by atoms with E-state index in [1.807, 2.05) is 30.3 Å². The first-order valence-electron chi connectivity index (χ1n) is 6.27. The lowest BCUT2D eigenvalue weighted by Gasteiger charge is -2.07. The summed E-state index contributed by atoms with van der Waals surface area (Å²) >= 11 is 12.1. The van der Waals surface area contributed by atoms with Crippen molar-refractivity contribution >= 4 is 23.2 Å². The predicted octanol–water partition coefficient (Wildman–Crippen LogP) is 4.15. The van der Waals surface area contributed by atoms with Crippen molar-refractivity contribution in [2.75, 3.05) is 0 Å². The minimum Gasteiger partial charge on any atom is -0.484 e. The lowest BCUT2D eigenvalue weighted by Crippen LogP contribution is -1.97. The summed E-state index contributed by atoms with van der Waals surface area (Å²) in [6.45, 7) is 0.246. The summed E-state index contributed by atoms with van der Waals surface area (Å²) in [6, 6.07) is 14.9. The van der Waals surface area contributed by atoms with Crippen LogP contribution in [0.2, 0.25) is 10.0 Å². The van der Waals surface area contributed by atoms with E-state index in [0.717, 1.165) is 5.69 Å². The predicted molar refractivity (Wildman–Crippen MR) is 82.2 cm³/mol. The first kappa shape index (κ1) is 13.9. The van der Waals surface area contributed by atoms with Crippen LogP contribution in [0.1, 0.15) is 5.69 Å². The SMILES string of the molecule is Clc1cccc(Cl)c1OCc1cn(-c2ccccc2)nn1. The van der Waals surface area contributed by atoms with Gasteiger partial charge in [0.2, 0.25) is 0 Å². The summed E-state index contributed by atoms with van der Waals surface area (Å²) in [5.41, 5.74) is 1.63. The molecule has 4 nitrogen and oxygen atoms in total. The quantitative estimate of drug-likeness (QED) is 0.725. The van der Waals surface area contributed by atoms with E-state index in [-0.39, 0.29) is 6.61 Å². The van der Waals surface area contributed by atoms with Crippen LogP contribution in [0, 0.1) is 0 Å². The van der Waals surface area contributed by atoms with E-state index in [1.165, 1.54) is 0 Å². The zero-order valence-corrected chi connectivity index (χ0v) is 12.4. The molecule has 0 saturated heterocycles. The fraction of sp³-hybridized carbons (Fsp3) is 0.0667. The zero-order valence-electron chi connectivity index (χ0n) is 10.9. The molecule has 3 aromatic rings. The van der Waals surface area contributed by atoms with E-state index in [0.29, 0.717) is 21.5 Å². The number of aromatic nitrogens is 3. The Kier molecular flexibility index (Phi) is 4.08. The van der Waals surface area contributed by atoms with Crippen LogP contribution in [0.25, 0.3) is 5.69 Å². The molecule has 0 N–H and O–H groups in total. The third kappa shape index (κ3) is 3.17. The number of ether oxygens (including phenoxy) is 1. The van der Waals surface area contributed by atoms with Crippen LogP contribution >= 0.6 is 23.2 Å². The minimum atomic E-state index is 0.246. The van der Waals surface area contributed by atoms with Crippen LogP contribution in [0.4, 0.5) is 0 Å². The second kappa shape index (κ2) is 6.16. The molecular weight excluding hydrogens is 309 g/mol. The Morgan fingerprint density at radius 2 is 1.67 bits per heavy atom. The van der Waals surface area contributed by atoms with Crippen molar-refractivity contribution in [2.24, 2.45) is 0 Å². The van der Waals surface area contributed by atoms with E-state index in [1.54, 1.807) is 29.1 Å². The Labute approximate surface area is 131 Å². The number of halogens is 2. The van der Waals surface area contributed by atoms with Gasteiger partial charge in [0.25, 0.3) is 0 Å². The molecule has 0 fully saturated rings. The molecule has 6 heteroatoms. The molecule has 0 amide bonds. The highest BCUT2D eigenvalue weighted by atomic mass is 35.5. The molecule has 0 saturated carbocycles. The standard InChI is InChI=1S/C15H11Cl2N3O/c16-13-7-4-8-14(17)15(13)21-10-11-9-20(19-18-11)12-5-2-1-3-6-12/h1-9H,10H2. The topological polar surface area (TPSA) is 39.9 Å². The Hall–Kier alpha value is -2.04. The van der Waals surface area contributed by atoms with Crippen molar-refractivity contribution in [3.8, 4) is 11.4 Å². The van der Waals surface area contributed by atoms with Gasteiger partial charge in [-0.05, 0) is 24.3 Å². The van der Waals surface area contributed by atoms with Gasteiger partial charge < -0.3 is 4.74 Å². The summed E-state index contributed by atoms with van der Waals surface area (Å²) in [7, 11) is 0. The fourth-order valence-electron chi connectivity index (χ4n) is 1.84. The lowest BCUT2D eigenvalue weighted by molar-refractivity contribution is 0.301. The van der Waals surface area contributed by atoms with Crippen molar-refractivity contribution in [1.82, 2.24) is 15.0 Å². The molecule has 0 atom stereocenters. The van der Waals surface area contributed by atoms with Crippen LogP contribution in [0.15, 0.2) is 54.7 Å².